The topological polar surface area (TPSA) is 92.3 Å². The highest BCUT2D eigenvalue weighted by molar-refractivity contribution is 5.74. The first-order chi connectivity index (χ1) is 11.6. The summed E-state index contributed by atoms with van der Waals surface area (Å²) < 4.78 is 7.32. The molecule has 2 unspecified atom stereocenters. The lowest BCUT2D eigenvalue weighted by Crippen LogP contribution is -2.47. The van der Waals surface area contributed by atoms with Gasteiger partial charge in [-0.05, 0) is 53.7 Å². The van der Waals surface area contributed by atoms with Crippen molar-refractivity contribution in [3.63, 3.8) is 0 Å². The quantitative estimate of drug-likeness (QED) is 0.747. The molecule has 0 saturated carbocycles. The molecule has 2 aromatic heterocycles. The molecule has 25 heavy (non-hydrogen) atoms. The largest absolute Gasteiger partial charge is 0.466 e. The zero-order valence-electron chi connectivity index (χ0n) is 15.8. The van der Waals surface area contributed by atoms with Gasteiger partial charge in [0.25, 0.3) is 0 Å². The van der Waals surface area contributed by atoms with Crippen molar-refractivity contribution in [2.24, 2.45) is 0 Å². The van der Waals surface area contributed by atoms with Crippen LogP contribution in [0, 0.1) is 27.7 Å². The van der Waals surface area contributed by atoms with Crippen LogP contribution in [0.2, 0.25) is 0 Å². The Balaban J connectivity index is 1.87. The number of hydrogen-bond donors (Lipinski definition) is 3. The van der Waals surface area contributed by atoms with Crippen LogP contribution in [-0.4, -0.2) is 33.5 Å². The fourth-order valence-electron chi connectivity index (χ4n) is 2.95. The highest BCUT2D eigenvalue weighted by Crippen LogP contribution is 2.26. The Bertz CT molecular complexity index is 746. The second kappa shape index (κ2) is 7.31. The van der Waals surface area contributed by atoms with Gasteiger partial charge in [0.1, 0.15) is 17.1 Å². The molecule has 7 heteroatoms. The number of carbonyl (C=O) groups excluding carboxylic acids is 1. The van der Waals surface area contributed by atoms with E-state index in [4.69, 9.17) is 4.42 Å². The molecule has 0 fully saturated rings. The Labute approximate surface area is 148 Å². The van der Waals surface area contributed by atoms with E-state index in [2.05, 4.69) is 15.7 Å². The molecule has 0 saturated heterocycles. The first-order valence-corrected chi connectivity index (χ1v) is 8.44. The van der Waals surface area contributed by atoms with Crippen molar-refractivity contribution in [1.29, 1.82) is 0 Å². The van der Waals surface area contributed by atoms with Gasteiger partial charge in [-0.1, -0.05) is 0 Å². The van der Waals surface area contributed by atoms with E-state index in [1.165, 1.54) is 0 Å². The number of rotatable bonds is 6. The summed E-state index contributed by atoms with van der Waals surface area (Å²) in [6.07, 6.45) is 0. The maximum Gasteiger partial charge on any atom is 0.315 e. The molecular formula is C18H28N4O3. The van der Waals surface area contributed by atoms with Crippen LogP contribution in [0.4, 0.5) is 4.79 Å². The summed E-state index contributed by atoms with van der Waals surface area (Å²) >= 11 is 0. The highest BCUT2D eigenvalue weighted by atomic mass is 16.3. The number of urea groups is 1. The normalized spacial score (nSPS) is 14.8. The number of nitrogens with zero attached hydrogens (tertiary/aromatic N) is 2. The standard InChI is InChI=1S/C18H28N4O3/c1-11-7-13(3)22(21-11)9-12(2)20-17(23)19-10-18(6,24)16-8-14(4)25-15(16)5/h7-8,12,24H,9-10H2,1-6H3,(H2,19,20,23). The monoisotopic (exact) mass is 348 g/mol. The molecule has 2 aromatic rings. The van der Waals surface area contributed by atoms with Gasteiger partial charge in [-0.2, -0.15) is 5.10 Å². The summed E-state index contributed by atoms with van der Waals surface area (Å²) in [4.78, 5) is 12.1. The van der Waals surface area contributed by atoms with Crippen molar-refractivity contribution in [1.82, 2.24) is 20.4 Å². The maximum atomic E-state index is 12.1. The summed E-state index contributed by atoms with van der Waals surface area (Å²) in [5.41, 5.74) is 1.50. The minimum absolute atomic E-state index is 0.0886. The molecule has 138 valence electrons. The molecule has 2 atom stereocenters. The molecule has 2 rings (SSSR count). The second-order valence-corrected chi connectivity index (χ2v) is 6.94. The van der Waals surface area contributed by atoms with Crippen molar-refractivity contribution in [2.45, 2.75) is 59.7 Å². The minimum atomic E-state index is -1.20. The molecule has 0 aliphatic carbocycles. The Kier molecular flexibility index (Phi) is 5.57. The second-order valence-electron chi connectivity index (χ2n) is 6.94. The van der Waals surface area contributed by atoms with E-state index in [1.54, 1.807) is 19.9 Å². The summed E-state index contributed by atoms with van der Waals surface area (Å²) in [6.45, 7) is 11.8. The van der Waals surface area contributed by atoms with Crippen LogP contribution < -0.4 is 10.6 Å². The molecule has 0 bridgehead atoms. The molecule has 0 aliphatic rings. The summed E-state index contributed by atoms with van der Waals surface area (Å²) in [5.74, 6) is 1.39. The van der Waals surface area contributed by atoms with Gasteiger partial charge in [0, 0.05) is 17.3 Å². The maximum absolute atomic E-state index is 12.1. The third kappa shape index (κ3) is 4.85. The lowest BCUT2D eigenvalue weighted by Gasteiger charge is -2.24. The zero-order chi connectivity index (χ0) is 18.8. The van der Waals surface area contributed by atoms with E-state index < -0.39 is 5.60 Å². The van der Waals surface area contributed by atoms with Gasteiger partial charge in [-0.25, -0.2) is 4.79 Å². The van der Waals surface area contributed by atoms with Crippen LogP contribution in [0.25, 0.3) is 0 Å². The predicted octanol–water partition coefficient (Wildman–Crippen LogP) is 2.31. The van der Waals surface area contributed by atoms with Gasteiger partial charge in [-0.15, -0.1) is 0 Å². The van der Waals surface area contributed by atoms with Crippen molar-refractivity contribution in [3.05, 3.63) is 40.6 Å². The van der Waals surface area contributed by atoms with Crippen molar-refractivity contribution in [3.8, 4) is 0 Å². The number of nitrogens with one attached hydrogen (secondary N) is 2. The van der Waals surface area contributed by atoms with Crippen LogP contribution in [-0.2, 0) is 12.1 Å². The van der Waals surface area contributed by atoms with E-state index in [9.17, 15) is 9.90 Å². The highest BCUT2D eigenvalue weighted by Gasteiger charge is 2.28. The van der Waals surface area contributed by atoms with Gasteiger partial charge in [0.2, 0.25) is 0 Å². The summed E-state index contributed by atoms with van der Waals surface area (Å²) in [6, 6.07) is 3.37. The molecule has 2 amide bonds. The van der Waals surface area contributed by atoms with Crippen molar-refractivity contribution in [2.75, 3.05) is 6.54 Å². The Hall–Kier alpha value is -2.28. The van der Waals surface area contributed by atoms with Gasteiger partial charge >= 0.3 is 6.03 Å². The minimum Gasteiger partial charge on any atom is -0.466 e. The first-order valence-electron chi connectivity index (χ1n) is 8.44. The zero-order valence-corrected chi connectivity index (χ0v) is 15.8. The third-order valence-electron chi connectivity index (χ3n) is 4.14. The smallest absolute Gasteiger partial charge is 0.315 e. The molecule has 0 spiro atoms. The fourth-order valence-corrected chi connectivity index (χ4v) is 2.95. The molecule has 0 aliphatic heterocycles. The number of aliphatic hydroxyl groups is 1. The van der Waals surface area contributed by atoms with Gasteiger partial charge in [0.05, 0.1) is 18.8 Å². The van der Waals surface area contributed by atoms with Gasteiger partial charge < -0.3 is 20.2 Å². The Morgan fingerprint density at radius 3 is 2.56 bits per heavy atom. The average molecular weight is 348 g/mol. The lowest BCUT2D eigenvalue weighted by atomic mass is 9.96. The molecule has 2 heterocycles. The third-order valence-corrected chi connectivity index (χ3v) is 4.14. The predicted molar refractivity (Wildman–Crippen MR) is 95.5 cm³/mol. The number of aryl methyl sites for hydroxylation is 4. The molecule has 0 radical (unpaired) electrons. The van der Waals surface area contributed by atoms with Gasteiger partial charge in [-0.3, -0.25) is 4.68 Å². The molecule has 7 nitrogen and oxygen atoms in total. The summed E-state index contributed by atoms with van der Waals surface area (Å²) in [7, 11) is 0. The molecular weight excluding hydrogens is 320 g/mol. The Morgan fingerprint density at radius 2 is 2.04 bits per heavy atom. The first kappa shape index (κ1) is 19.1. The van der Waals surface area contributed by atoms with E-state index in [-0.39, 0.29) is 18.6 Å². The van der Waals surface area contributed by atoms with E-state index >= 15 is 0 Å². The van der Waals surface area contributed by atoms with Crippen molar-refractivity contribution >= 4 is 6.03 Å². The average Bonchev–Trinajstić information content (AvgIpc) is 2.98. The number of hydrogen-bond acceptors (Lipinski definition) is 4. The SMILES string of the molecule is Cc1cc(C)n(CC(C)NC(=O)NCC(C)(O)c2cc(C)oc2C)n1. The van der Waals surface area contributed by atoms with Crippen LogP contribution in [0.3, 0.4) is 0 Å². The molecule has 0 aromatic carbocycles. The van der Waals surface area contributed by atoms with Crippen LogP contribution in [0.5, 0.6) is 0 Å². The van der Waals surface area contributed by atoms with Crippen LogP contribution in [0.15, 0.2) is 16.5 Å². The molecule has 3 N–H and O–H groups in total. The van der Waals surface area contributed by atoms with Gasteiger partial charge in [0.15, 0.2) is 0 Å². The fraction of sp³-hybridized carbons (Fsp3) is 0.556. The number of carbonyl (C=O) groups is 1. The number of aromatic nitrogens is 2. The van der Waals surface area contributed by atoms with E-state index in [0.29, 0.717) is 17.9 Å². The summed E-state index contributed by atoms with van der Waals surface area (Å²) in [5, 5.41) is 20.6. The van der Waals surface area contributed by atoms with Crippen LogP contribution in [0.1, 0.15) is 42.3 Å². The van der Waals surface area contributed by atoms with Crippen molar-refractivity contribution < 1.29 is 14.3 Å². The Morgan fingerprint density at radius 1 is 1.36 bits per heavy atom. The van der Waals surface area contributed by atoms with E-state index in [0.717, 1.165) is 17.1 Å². The number of furan rings is 1. The number of amides is 2. The lowest BCUT2D eigenvalue weighted by molar-refractivity contribution is 0.0577. The van der Waals surface area contributed by atoms with Crippen LogP contribution >= 0.6 is 0 Å². The van der Waals surface area contributed by atoms with E-state index in [1.807, 2.05) is 38.4 Å².